The van der Waals surface area contributed by atoms with Gasteiger partial charge in [-0.05, 0) is 48.7 Å². The summed E-state index contributed by atoms with van der Waals surface area (Å²) in [6, 6.07) is 18.2. The fraction of sp³-hybridized carbons (Fsp3) is 0.316. The van der Waals surface area contributed by atoms with Crippen molar-refractivity contribution in [3.05, 3.63) is 59.7 Å². The minimum Gasteiger partial charge on any atom is -0.373 e. The van der Waals surface area contributed by atoms with Crippen molar-refractivity contribution in [3.63, 3.8) is 0 Å². The third kappa shape index (κ3) is 3.54. The van der Waals surface area contributed by atoms with Crippen LogP contribution in [0.25, 0.3) is 11.1 Å². The largest absolute Gasteiger partial charge is 0.373 e. The molecular formula is C19H20N2O. The van der Waals surface area contributed by atoms with Gasteiger partial charge < -0.3 is 10.1 Å². The summed E-state index contributed by atoms with van der Waals surface area (Å²) < 4.78 is 5.97. The topological polar surface area (TPSA) is 45.0 Å². The van der Waals surface area contributed by atoms with Gasteiger partial charge in [-0.1, -0.05) is 42.5 Å². The average Bonchev–Trinajstić information content (AvgIpc) is 2.61. The van der Waals surface area contributed by atoms with Gasteiger partial charge in [0.05, 0.1) is 24.3 Å². The van der Waals surface area contributed by atoms with Crippen LogP contribution in [-0.2, 0) is 11.3 Å². The molecule has 3 heteroatoms. The van der Waals surface area contributed by atoms with E-state index in [9.17, 15) is 5.26 Å². The van der Waals surface area contributed by atoms with Crippen molar-refractivity contribution in [1.82, 2.24) is 5.32 Å². The molecule has 3 nitrogen and oxygen atoms in total. The monoisotopic (exact) mass is 292 g/mol. The maximum absolute atomic E-state index is 9.19. The first kappa shape index (κ1) is 14.8. The maximum atomic E-state index is 9.19. The van der Waals surface area contributed by atoms with Gasteiger partial charge in [-0.3, -0.25) is 0 Å². The first-order valence-electron chi connectivity index (χ1n) is 7.77. The van der Waals surface area contributed by atoms with E-state index in [4.69, 9.17) is 4.74 Å². The molecule has 2 aromatic carbocycles. The Morgan fingerprint density at radius 2 is 1.77 bits per heavy atom. The molecule has 0 spiro atoms. The Morgan fingerprint density at radius 3 is 2.50 bits per heavy atom. The van der Waals surface area contributed by atoms with Crippen molar-refractivity contribution in [1.29, 1.82) is 5.26 Å². The molecule has 1 aliphatic heterocycles. The number of rotatable bonds is 4. The number of ether oxygens (including phenoxy) is 1. The molecule has 1 saturated heterocycles. The normalized spacial score (nSPS) is 15.4. The van der Waals surface area contributed by atoms with Crippen molar-refractivity contribution in [2.45, 2.75) is 25.6 Å². The van der Waals surface area contributed by atoms with Crippen molar-refractivity contribution < 1.29 is 4.74 Å². The zero-order valence-corrected chi connectivity index (χ0v) is 12.6. The molecule has 3 rings (SSSR count). The second-order valence-electron chi connectivity index (χ2n) is 5.61. The highest BCUT2D eigenvalue weighted by molar-refractivity contribution is 5.70. The van der Waals surface area contributed by atoms with E-state index < -0.39 is 0 Å². The van der Waals surface area contributed by atoms with Crippen LogP contribution in [-0.4, -0.2) is 19.2 Å². The van der Waals surface area contributed by atoms with Crippen LogP contribution in [0.1, 0.15) is 24.0 Å². The summed E-state index contributed by atoms with van der Waals surface area (Å²) >= 11 is 0. The van der Waals surface area contributed by atoms with Gasteiger partial charge in [-0.15, -0.1) is 0 Å². The van der Waals surface area contributed by atoms with Gasteiger partial charge in [0, 0.05) is 0 Å². The Balaban J connectivity index is 1.66. The zero-order chi connectivity index (χ0) is 15.2. The molecule has 0 atom stereocenters. The van der Waals surface area contributed by atoms with Gasteiger partial charge in [0.25, 0.3) is 0 Å². The molecule has 1 fully saturated rings. The number of nitrogens with zero attached hydrogens (tertiary/aromatic N) is 1. The Bertz CT molecular complexity index is 652. The van der Waals surface area contributed by atoms with Crippen molar-refractivity contribution >= 4 is 0 Å². The van der Waals surface area contributed by atoms with Crippen molar-refractivity contribution in [3.8, 4) is 17.2 Å². The van der Waals surface area contributed by atoms with Crippen LogP contribution in [0, 0.1) is 11.3 Å². The molecule has 22 heavy (non-hydrogen) atoms. The number of nitrogens with one attached hydrogen (secondary N) is 1. The molecule has 1 heterocycles. The number of hydrogen-bond acceptors (Lipinski definition) is 3. The van der Waals surface area contributed by atoms with E-state index in [1.807, 2.05) is 24.3 Å². The second-order valence-corrected chi connectivity index (χ2v) is 5.61. The smallest absolute Gasteiger partial charge is 0.0998 e. The molecule has 0 unspecified atom stereocenters. The highest BCUT2D eigenvalue weighted by Crippen LogP contribution is 2.24. The Kier molecular flexibility index (Phi) is 4.85. The highest BCUT2D eigenvalue weighted by atomic mass is 16.5. The minimum atomic E-state index is 0.375. The Hall–Kier alpha value is -2.15. The maximum Gasteiger partial charge on any atom is 0.0998 e. The number of nitriles is 1. The lowest BCUT2D eigenvalue weighted by Gasteiger charge is -2.23. The lowest BCUT2D eigenvalue weighted by atomic mass is 9.99. The van der Waals surface area contributed by atoms with E-state index in [0.717, 1.165) is 37.1 Å². The standard InChI is InChI=1S/C19H20N2O/c20-13-17-3-1-2-4-19(17)16-7-5-15(6-8-16)14-22-18-9-11-21-12-10-18/h1-8,18,21H,9-12,14H2. The lowest BCUT2D eigenvalue weighted by molar-refractivity contribution is 0.0212. The summed E-state index contributed by atoms with van der Waals surface area (Å²) in [5.74, 6) is 0. The second kappa shape index (κ2) is 7.22. The molecule has 1 N–H and O–H groups in total. The zero-order valence-electron chi connectivity index (χ0n) is 12.6. The third-order valence-corrected chi connectivity index (χ3v) is 4.08. The molecule has 112 valence electrons. The van der Waals surface area contributed by atoms with Crippen LogP contribution >= 0.6 is 0 Å². The molecule has 0 radical (unpaired) electrons. The summed E-state index contributed by atoms with van der Waals surface area (Å²) in [4.78, 5) is 0. The molecule has 1 aliphatic rings. The molecule has 2 aromatic rings. The van der Waals surface area contributed by atoms with Gasteiger partial charge >= 0.3 is 0 Å². The van der Waals surface area contributed by atoms with E-state index in [1.165, 1.54) is 5.56 Å². The van der Waals surface area contributed by atoms with Gasteiger partial charge in [0.1, 0.15) is 0 Å². The van der Waals surface area contributed by atoms with Crippen molar-refractivity contribution in [2.24, 2.45) is 0 Å². The van der Waals surface area contributed by atoms with Gasteiger partial charge in [0.2, 0.25) is 0 Å². The fourth-order valence-corrected chi connectivity index (χ4v) is 2.79. The number of benzene rings is 2. The quantitative estimate of drug-likeness (QED) is 0.938. The number of hydrogen-bond donors (Lipinski definition) is 1. The predicted octanol–water partition coefficient (Wildman–Crippen LogP) is 3.49. The molecular weight excluding hydrogens is 272 g/mol. The third-order valence-electron chi connectivity index (χ3n) is 4.08. The molecule has 0 aromatic heterocycles. The van der Waals surface area contributed by atoms with E-state index in [2.05, 4.69) is 35.7 Å². The van der Waals surface area contributed by atoms with Crippen LogP contribution in [0.15, 0.2) is 48.5 Å². The van der Waals surface area contributed by atoms with Crippen LogP contribution in [0.3, 0.4) is 0 Å². The van der Waals surface area contributed by atoms with E-state index in [0.29, 0.717) is 18.3 Å². The predicted molar refractivity (Wildman–Crippen MR) is 87.3 cm³/mol. The molecule has 0 bridgehead atoms. The van der Waals surface area contributed by atoms with Gasteiger partial charge in [-0.2, -0.15) is 5.26 Å². The average molecular weight is 292 g/mol. The summed E-state index contributed by atoms with van der Waals surface area (Å²) in [5, 5.41) is 12.5. The van der Waals surface area contributed by atoms with Gasteiger partial charge in [-0.25, -0.2) is 0 Å². The number of piperidine rings is 1. The van der Waals surface area contributed by atoms with Crippen LogP contribution in [0.5, 0.6) is 0 Å². The van der Waals surface area contributed by atoms with Crippen LogP contribution in [0.4, 0.5) is 0 Å². The SMILES string of the molecule is N#Cc1ccccc1-c1ccc(COC2CCNCC2)cc1. The molecule has 0 amide bonds. The van der Waals surface area contributed by atoms with Crippen molar-refractivity contribution in [2.75, 3.05) is 13.1 Å². The summed E-state index contributed by atoms with van der Waals surface area (Å²) in [6.07, 6.45) is 2.56. The summed E-state index contributed by atoms with van der Waals surface area (Å²) in [7, 11) is 0. The molecule has 0 saturated carbocycles. The van der Waals surface area contributed by atoms with E-state index in [-0.39, 0.29) is 0 Å². The Morgan fingerprint density at radius 1 is 1.05 bits per heavy atom. The highest BCUT2D eigenvalue weighted by Gasteiger charge is 2.13. The van der Waals surface area contributed by atoms with E-state index >= 15 is 0 Å². The fourth-order valence-electron chi connectivity index (χ4n) is 2.79. The first-order chi connectivity index (χ1) is 10.9. The Labute approximate surface area is 131 Å². The van der Waals surface area contributed by atoms with Crippen LogP contribution in [0.2, 0.25) is 0 Å². The lowest BCUT2D eigenvalue weighted by Crippen LogP contribution is -2.32. The first-order valence-corrected chi connectivity index (χ1v) is 7.77. The van der Waals surface area contributed by atoms with E-state index in [1.54, 1.807) is 0 Å². The van der Waals surface area contributed by atoms with Crippen LogP contribution < -0.4 is 5.32 Å². The molecule has 0 aliphatic carbocycles. The summed E-state index contributed by atoms with van der Waals surface area (Å²) in [6.45, 7) is 2.76. The minimum absolute atomic E-state index is 0.375. The van der Waals surface area contributed by atoms with Gasteiger partial charge in [0.15, 0.2) is 0 Å². The summed E-state index contributed by atoms with van der Waals surface area (Å²) in [5.41, 5.74) is 3.94.